The van der Waals surface area contributed by atoms with E-state index in [1.54, 1.807) is 24.3 Å². The number of nitrogens with two attached hydrogens (primary N) is 1. The van der Waals surface area contributed by atoms with E-state index in [0.717, 1.165) is 18.2 Å². The highest BCUT2D eigenvalue weighted by Crippen LogP contribution is 2.19. The van der Waals surface area contributed by atoms with Crippen LogP contribution in [0.2, 0.25) is 0 Å². The van der Waals surface area contributed by atoms with Crippen molar-refractivity contribution in [2.45, 2.75) is 38.8 Å². The van der Waals surface area contributed by atoms with Crippen molar-refractivity contribution >= 4 is 22.0 Å². The Morgan fingerprint density at radius 2 is 1.74 bits per heavy atom. The molecule has 10 heteroatoms. The predicted octanol–water partition coefficient (Wildman–Crippen LogP) is 2.45. The number of sulfonamides is 1. The van der Waals surface area contributed by atoms with Gasteiger partial charge >= 0.3 is 6.09 Å². The molecule has 0 saturated heterocycles. The van der Waals surface area contributed by atoms with Gasteiger partial charge in [0, 0.05) is 19.5 Å². The summed E-state index contributed by atoms with van der Waals surface area (Å²) in [6.07, 6.45) is 1.11. The molecule has 0 aromatic heterocycles. The fraction of sp³-hybridized carbons (Fsp3) is 0.417. The normalized spacial score (nSPS) is 12.0. The van der Waals surface area contributed by atoms with E-state index in [1.165, 1.54) is 0 Å². The van der Waals surface area contributed by atoms with Gasteiger partial charge in [-0.1, -0.05) is 55.8 Å². The highest BCUT2D eigenvalue weighted by molar-refractivity contribution is 7.88. The van der Waals surface area contributed by atoms with Crippen LogP contribution in [0.3, 0.4) is 0 Å². The number of ether oxygens (including phenoxy) is 2. The van der Waals surface area contributed by atoms with Crippen LogP contribution in [-0.2, 0) is 32.6 Å². The number of hydrogen-bond donors (Lipinski definition) is 2. The summed E-state index contributed by atoms with van der Waals surface area (Å²) in [5, 5.41) is 2.57. The van der Waals surface area contributed by atoms with Crippen LogP contribution in [0.4, 0.5) is 4.79 Å². The molecule has 2 rings (SSSR count). The van der Waals surface area contributed by atoms with Gasteiger partial charge in [-0.2, -0.15) is 4.31 Å². The molecule has 0 aliphatic rings. The summed E-state index contributed by atoms with van der Waals surface area (Å²) in [5.74, 6) is -0.0107. The molecule has 0 spiro atoms. The smallest absolute Gasteiger partial charge is 0.424 e. The Morgan fingerprint density at radius 1 is 1.06 bits per heavy atom. The Morgan fingerprint density at radius 3 is 2.32 bits per heavy atom. The zero-order valence-electron chi connectivity index (χ0n) is 19.6. The van der Waals surface area contributed by atoms with Gasteiger partial charge in [-0.15, -0.1) is 0 Å². The molecule has 2 aromatic rings. The average molecular weight is 492 g/mol. The van der Waals surface area contributed by atoms with Crippen molar-refractivity contribution in [1.82, 2.24) is 9.62 Å². The molecule has 0 heterocycles. The number of amides is 2. The van der Waals surface area contributed by atoms with Gasteiger partial charge in [-0.3, -0.25) is 4.79 Å². The molecule has 34 heavy (non-hydrogen) atoms. The van der Waals surface area contributed by atoms with E-state index in [4.69, 9.17) is 15.2 Å². The number of rotatable bonds is 13. The fourth-order valence-corrected chi connectivity index (χ4v) is 4.10. The number of nitrogens with one attached hydrogen (secondary N) is 1. The minimum absolute atomic E-state index is 0.0364. The van der Waals surface area contributed by atoms with Gasteiger partial charge in [0.05, 0.1) is 12.9 Å². The van der Waals surface area contributed by atoms with E-state index in [2.05, 4.69) is 5.32 Å². The SMILES string of the molecule is CCCCOC(=O)N(C(Cc1ccc(OCc2ccccc2)cc1)C(=O)NCCN)S(C)(=O)=O. The second-order valence-electron chi connectivity index (χ2n) is 7.74. The third-order valence-corrected chi connectivity index (χ3v) is 6.01. The molecule has 0 saturated carbocycles. The van der Waals surface area contributed by atoms with E-state index in [0.29, 0.717) is 28.6 Å². The van der Waals surface area contributed by atoms with E-state index in [-0.39, 0.29) is 26.1 Å². The standard InChI is InChI=1S/C24H33N3O6S/c1-3-4-16-32-24(29)27(34(2,30)31)22(23(28)26-15-14-25)17-19-10-12-21(13-11-19)33-18-20-8-6-5-7-9-20/h5-13,22H,3-4,14-18,25H2,1-2H3,(H,26,28). The lowest BCUT2D eigenvalue weighted by Gasteiger charge is -2.28. The van der Waals surface area contributed by atoms with Crippen LogP contribution in [0.15, 0.2) is 54.6 Å². The summed E-state index contributed by atoms with van der Waals surface area (Å²) in [6, 6.07) is 15.3. The van der Waals surface area contributed by atoms with Gasteiger partial charge in [0.1, 0.15) is 18.4 Å². The molecule has 1 atom stereocenters. The summed E-state index contributed by atoms with van der Waals surface area (Å²) < 4.78 is 36.4. The van der Waals surface area contributed by atoms with E-state index < -0.39 is 28.1 Å². The minimum atomic E-state index is -4.10. The van der Waals surface area contributed by atoms with Crippen LogP contribution >= 0.6 is 0 Å². The second kappa shape index (κ2) is 13.6. The molecule has 186 valence electrons. The Labute approximate surface area is 201 Å². The van der Waals surface area contributed by atoms with E-state index >= 15 is 0 Å². The molecule has 0 radical (unpaired) electrons. The van der Waals surface area contributed by atoms with Gasteiger partial charge in [0.15, 0.2) is 0 Å². The fourth-order valence-electron chi connectivity index (χ4n) is 3.14. The number of carbonyl (C=O) groups excluding carboxylic acids is 2. The van der Waals surface area contributed by atoms with Crippen molar-refractivity contribution in [2.75, 3.05) is 26.0 Å². The van der Waals surface area contributed by atoms with Crippen molar-refractivity contribution in [3.05, 3.63) is 65.7 Å². The van der Waals surface area contributed by atoms with Crippen LogP contribution in [0.1, 0.15) is 30.9 Å². The van der Waals surface area contributed by atoms with Crippen molar-refractivity contribution in [3.8, 4) is 5.75 Å². The molecular formula is C24H33N3O6S. The zero-order chi connectivity index (χ0) is 25.0. The molecule has 0 aliphatic heterocycles. The third kappa shape index (κ3) is 8.68. The molecule has 2 aromatic carbocycles. The van der Waals surface area contributed by atoms with Crippen LogP contribution in [-0.4, -0.2) is 56.7 Å². The maximum Gasteiger partial charge on any atom is 0.424 e. The zero-order valence-corrected chi connectivity index (χ0v) is 20.4. The van der Waals surface area contributed by atoms with Crippen LogP contribution in [0.25, 0.3) is 0 Å². The van der Waals surface area contributed by atoms with E-state index in [1.807, 2.05) is 37.3 Å². The van der Waals surface area contributed by atoms with E-state index in [9.17, 15) is 18.0 Å². The van der Waals surface area contributed by atoms with Crippen molar-refractivity contribution in [1.29, 1.82) is 0 Å². The van der Waals surface area contributed by atoms with Crippen molar-refractivity contribution in [2.24, 2.45) is 5.73 Å². The van der Waals surface area contributed by atoms with Crippen LogP contribution in [0.5, 0.6) is 5.75 Å². The lowest BCUT2D eigenvalue weighted by molar-refractivity contribution is -0.124. The molecule has 0 bridgehead atoms. The van der Waals surface area contributed by atoms with Crippen LogP contribution < -0.4 is 15.8 Å². The molecule has 9 nitrogen and oxygen atoms in total. The minimum Gasteiger partial charge on any atom is -0.489 e. The Kier molecular flexibility index (Phi) is 10.8. The number of nitrogens with zero attached hydrogens (tertiary/aromatic N) is 1. The highest BCUT2D eigenvalue weighted by atomic mass is 32.2. The molecule has 0 aliphatic carbocycles. The quantitative estimate of drug-likeness (QED) is 0.412. The largest absolute Gasteiger partial charge is 0.489 e. The first-order valence-corrected chi connectivity index (χ1v) is 13.0. The first-order valence-electron chi connectivity index (χ1n) is 11.2. The topological polar surface area (TPSA) is 128 Å². The van der Waals surface area contributed by atoms with Crippen molar-refractivity contribution < 1.29 is 27.5 Å². The van der Waals surface area contributed by atoms with Gasteiger partial charge in [0.25, 0.3) is 0 Å². The third-order valence-electron chi connectivity index (χ3n) is 4.89. The first-order chi connectivity index (χ1) is 16.3. The number of unbranched alkanes of at least 4 members (excludes halogenated alkanes) is 1. The van der Waals surface area contributed by atoms with Gasteiger partial charge in [-0.25, -0.2) is 13.2 Å². The Bertz CT molecular complexity index is 1010. The molecular weight excluding hydrogens is 458 g/mol. The predicted molar refractivity (Wildman–Crippen MR) is 130 cm³/mol. The lowest BCUT2D eigenvalue weighted by Crippen LogP contribution is -2.53. The highest BCUT2D eigenvalue weighted by Gasteiger charge is 2.37. The monoisotopic (exact) mass is 491 g/mol. The molecule has 1 unspecified atom stereocenters. The number of hydrogen-bond acceptors (Lipinski definition) is 7. The number of carbonyl (C=O) groups is 2. The summed E-state index contributed by atoms with van der Waals surface area (Å²) in [6.45, 7) is 2.69. The Hall–Kier alpha value is -3.11. The summed E-state index contributed by atoms with van der Waals surface area (Å²) in [4.78, 5) is 25.5. The average Bonchev–Trinajstić information content (AvgIpc) is 2.81. The van der Waals surface area contributed by atoms with Gasteiger partial charge in [0.2, 0.25) is 15.9 Å². The summed E-state index contributed by atoms with van der Waals surface area (Å²) in [7, 11) is -4.10. The molecule has 3 N–H and O–H groups in total. The lowest BCUT2D eigenvalue weighted by atomic mass is 10.1. The second-order valence-corrected chi connectivity index (χ2v) is 9.60. The maximum absolute atomic E-state index is 12.9. The van der Waals surface area contributed by atoms with Gasteiger partial charge < -0.3 is 20.5 Å². The summed E-state index contributed by atoms with van der Waals surface area (Å²) in [5.41, 5.74) is 7.14. The summed E-state index contributed by atoms with van der Waals surface area (Å²) >= 11 is 0. The Balaban J connectivity index is 2.20. The maximum atomic E-state index is 12.9. The van der Waals surface area contributed by atoms with Crippen molar-refractivity contribution in [3.63, 3.8) is 0 Å². The first kappa shape index (κ1) is 27.1. The molecule has 2 amide bonds. The van der Waals surface area contributed by atoms with Gasteiger partial charge in [-0.05, 0) is 29.7 Å². The van der Waals surface area contributed by atoms with Crippen LogP contribution in [0, 0.1) is 0 Å². The number of benzene rings is 2. The molecule has 0 fully saturated rings.